The Hall–Kier alpha value is -5.75. The maximum atomic E-state index is 12.0. The van der Waals surface area contributed by atoms with Gasteiger partial charge in [0.1, 0.15) is 0 Å². The Balaban J connectivity index is 2.03. The van der Waals surface area contributed by atoms with Crippen molar-refractivity contribution in [3.63, 3.8) is 0 Å². The first-order valence-electron chi connectivity index (χ1n) is 8.43. The summed E-state index contributed by atoms with van der Waals surface area (Å²) in [6, 6.07) is 2.77. The molecule has 0 bridgehead atoms. The van der Waals surface area contributed by atoms with Crippen molar-refractivity contribution in [3.8, 4) is 0 Å². The Morgan fingerprint density at radius 2 is 0.765 bits per heavy atom. The Morgan fingerprint density at radius 1 is 0.500 bits per heavy atom. The molecule has 0 fully saturated rings. The molecular formula is C15H10N8O11. The summed E-state index contributed by atoms with van der Waals surface area (Å²) in [5.74, 6) is -2.38. The molecule has 4 amide bonds. The van der Waals surface area contributed by atoms with E-state index in [-0.39, 0.29) is 0 Å². The molecule has 2 aromatic carbocycles. The van der Waals surface area contributed by atoms with Crippen LogP contribution in [0.2, 0.25) is 0 Å². The number of non-ortho nitro benzene ring substituents is 4. The number of hydrogen-bond acceptors (Lipinski definition) is 11. The fourth-order valence-corrected chi connectivity index (χ4v) is 2.28. The van der Waals surface area contributed by atoms with Gasteiger partial charge in [-0.05, 0) is 0 Å². The van der Waals surface area contributed by atoms with Crippen LogP contribution in [0.5, 0.6) is 0 Å². The van der Waals surface area contributed by atoms with Crippen molar-refractivity contribution in [1.29, 1.82) is 0 Å². The number of nitro benzene ring substituents is 4. The molecule has 2 aromatic rings. The van der Waals surface area contributed by atoms with E-state index in [1.54, 1.807) is 21.7 Å². The highest BCUT2D eigenvalue weighted by molar-refractivity contribution is 5.98. The summed E-state index contributed by atoms with van der Waals surface area (Å²) in [5.41, 5.74) is 2.84. The van der Waals surface area contributed by atoms with Gasteiger partial charge in [-0.15, -0.1) is 0 Å². The third kappa shape index (κ3) is 6.13. The van der Waals surface area contributed by atoms with E-state index in [0.717, 1.165) is 0 Å². The zero-order valence-corrected chi connectivity index (χ0v) is 16.2. The van der Waals surface area contributed by atoms with Crippen molar-refractivity contribution in [2.75, 3.05) is 0 Å². The smallest absolute Gasteiger partial charge is 0.267 e. The summed E-state index contributed by atoms with van der Waals surface area (Å²) in [5, 5.41) is 43.4. The minimum Gasteiger partial charge on any atom is -0.267 e. The maximum absolute atomic E-state index is 12.0. The molecule has 0 saturated carbocycles. The summed E-state index contributed by atoms with van der Waals surface area (Å²) in [6.45, 7) is 0. The molecular weight excluding hydrogens is 468 g/mol. The van der Waals surface area contributed by atoms with E-state index in [1.165, 1.54) is 0 Å². The molecule has 34 heavy (non-hydrogen) atoms. The molecule has 19 heteroatoms. The predicted octanol–water partition coefficient (Wildman–Crippen LogP) is 0.608. The van der Waals surface area contributed by atoms with Crippen molar-refractivity contribution < 1.29 is 34.1 Å². The Morgan fingerprint density at radius 3 is 1.00 bits per heavy atom. The van der Waals surface area contributed by atoms with E-state index < -0.39 is 71.4 Å². The second-order valence-electron chi connectivity index (χ2n) is 5.99. The molecule has 0 radical (unpaired) electrons. The molecule has 0 aliphatic carbocycles. The molecule has 0 aliphatic rings. The standard InChI is InChI=1S/C15H10N8O11/c24-13(7-1-9(20(27)28)5-10(2-7)21(29)30)16-18-15(26)19-17-14(25)8-3-11(22(31)32)6-12(4-8)23(33)34/h1-6H,(H,16,24)(H,17,25)(H2,18,19,26). The summed E-state index contributed by atoms with van der Waals surface area (Å²) in [7, 11) is 0. The van der Waals surface area contributed by atoms with Gasteiger partial charge in [0.2, 0.25) is 0 Å². The number of amides is 4. The maximum Gasteiger partial charge on any atom is 0.352 e. The normalized spacial score (nSPS) is 9.88. The third-order valence-corrected chi connectivity index (χ3v) is 3.75. The average Bonchev–Trinajstić information content (AvgIpc) is 2.79. The van der Waals surface area contributed by atoms with Gasteiger partial charge in [-0.1, -0.05) is 0 Å². The van der Waals surface area contributed by atoms with Crippen molar-refractivity contribution in [2.45, 2.75) is 0 Å². The summed E-state index contributed by atoms with van der Waals surface area (Å²) < 4.78 is 0. The highest BCUT2D eigenvalue weighted by atomic mass is 16.6. The number of urea groups is 1. The van der Waals surface area contributed by atoms with Gasteiger partial charge in [0.25, 0.3) is 34.6 Å². The first-order valence-corrected chi connectivity index (χ1v) is 8.43. The Bertz CT molecular complexity index is 1090. The van der Waals surface area contributed by atoms with Crippen LogP contribution in [0.4, 0.5) is 27.5 Å². The monoisotopic (exact) mass is 478 g/mol. The SMILES string of the molecule is O=C(NNC(=O)c1cc([N+](=O)[O-])cc([N+](=O)[O-])c1)NNC(=O)c1cc([N+](=O)[O-])cc([N+](=O)[O-])c1. The molecule has 176 valence electrons. The molecule has 0 atom stereocenters. The number of nitrogens with one attached hydrogen (secondary N) is 4. The summed E-state index contributed by atoms with van der Waals surface area (Å²) >= 11 is 0. The van der Waals surface area contributed by atoms with Crippen LogP contribution in [0, 0.1) is 40.5 Å². The van der Waals surface area contributed by atoms with Crippen LogP contribution in [0.15, 0.2) is 36.4 Å². The average molecular weight is 478 g/mol. The lowest BCUT2D eigenvalue weighted by atomic mass is 10.1. The number of nitro groups is 4. The van der Waals surface area contributed by atoms with Crippen molar-refractivity contribution in [2.24, 2.45) is 0 Å². The quantitative estimate of drug-likeness (QED) is 0.329. The van der Waals surface area contributed by atoms with Gasteiger partial charge in [-0.25, -0.2) is 15.6 Å². The number of benzene rings is 2. The molecule has 0 heterocycles. The van der Waals surface area contributed by atoms with E-state index >= 15 is 0 Å². The minimum atomic E-state index is -1.29. The van der Waals surface area contributed by atoms with Gasteiger partial charge in [-0.3, -0.25) is 60.9 Å². The fraction of sp³-hybridized carbons (Fsp3) is 0. The van der Waals surface area contributed by atoms with E-state index in [4.69, 9.17) is 0 Å². The third-order valence-electron chi connectivity index (χ3n) is 3.75. The highest BCUT2D eigenvalue weighted by Gasteiger charge is 2.21. The van der Waals surface area contributed by atoms with Gasteiger partial charge in [0.05, 0.1) is 43.0 Å². The molecule has 0 aliphatic heterocycles. The first-order chi connectivity index (χ1) is 15.9. The largest absolute Gasteiger partial charge is 0.352 e. The van der Waals surface area contributed by atoms with E-state index in [9.17, 15) is 54.8 Å². The molecule has 4 N–H and O–H groups in total. The molecule has 0 saturated heterocycles. The number of carbonyl (C=O) groups excluding carboxylic acids is 3. The number of nitrogens with zero attached hydrogens (tertiary/aromatic N) is 4. The van der Waals surface area contributed by atoms with E-state index in [1.807, 2.05) is 0 Å². The molecule has 0 spiro atoms. The van der Waals surface area contributed by atoms with Crippen LogP contribution in [-0.4, -0.2) is 37.5 Å². The van der Waals surface area contributed by atoms with Crippen molar-refractivity contribution in [1.82, 2.24) is 21.7 Å². The lowest BCUT2D eigenvalue weighted by Crippen LogP contribution is -2.52. The van der Waals surface area contributed by atoms with Crippen molar-refractivity contribution >= 4 is 40.6 Å². The van der Waals surface area contributed by atoms with Crippen LogP contribution < -0.4 is 21.7 Å². The Kier molecular flexibility index (Phi) is 7.24. The Labute approximate surface area is 185 Å². The van der Waals surface area contributed by atoms with Gasteiger partial charge in [0, 0.05) is 24.3 Å². The van der Waals surface area contributed by atoms with Gasteiger partial charge < -0.3 is 0 Å². The first kappa shape index (κ1) is 24.5. The summed E-state index contributed by atoms with van der Waals surface area (Å²) in [4.78, 5) is 75.4. The summed E-state index contributed by atoms with van der Waals surface area (Å²) in [6.07, 6.45) is 0. The second-order valence-corrected chi connectivity index (χ2v) is 5.99. The lowest BCUT2D eigenvalue weighted by Gasteiger charge is -2.10. The zero-order chi connectivity index (χ0) is 25.6. The molecule has 2 rings (SSSR count). The van der Waals surface area contributed by atoms with Crippen LogP contribution in [0.1, 0.15) is 20.7 Å². The van der Waals surface area contributed by atoms with Crippen LogP contribution in [0.3, 0.4) is 0 Å². The predicted molar refractivity (Wildman–Crippen MR) is 106 cm³/mol. The van der Waals surface area contributed by atoms with E-state index in [0.29, 0.717) is 36.4 Å². The van der Waals surface area contributed by atoms with Crippen LogP contribution in [-0.2, 0) is 0 Å². The van der Waals surface area contributed by atoms with Gasteiger partial charge in [0.15, 0.2) is 0 Å². The zero-order valence-electron chi connectivity index (χ0n) is 16.2. The van der Waals surface area contributed by atoms with Gasteiger partial charge >= 0.3 is 6.03 Å². The number of rotatable bonds is 6. The number of hydrogen-bond donors (Lipinski definition) is 4. The molecule has 0 aromatic heterocycles. The highest BCUT2D eigenvalue weighted by Crippen LogP contribution is 2.23. The molecule has 19 nitrogen and oxygen atoms in total. The van der Waals surface area contributed by atoms with E-state index in [2.05, 4.69) is 0 Å². The minimum absolute atomic E-state index is 0.547. The topological polar surface area (TPSA) is 272 Å². The van der Waals surface area contributed by atoms with Crippen molar-refractivity contribution in [3.05, 3.63) is 88.0 Å². The molecule has 0 unspecified atom stereocenters. The second kappa shape index (κ2) is 10.0. The lowest BCUT2D eigenvalue weighted by molar-refractivity contribution is -0.394. The van der Waals surface area contributed by atoms with Crippen LogP contribution in [0.25, 0.3) is 0 Å². The van der Waals surface area contributed by atoms with Gasteiger partial charge in [-0.2, -0.15) is 0 Å². The number of carbonyl (C=O) groups is 3. The number of hydrazine groups is 2. The van der Waals surface area contributed by atoms with Crippen LogP contribution >= 0.6 is 0 Å². The fourth-order valence-electron chi connectivity index (χ4n) is 2.28.